The van der Waals surface area contributed by atoms with Gasteiger partial charge in [-0.15, -0.1) is 34.2 Å². The van der Waals surface area contributed by atoms with Gasteiger partial charge in [-0.25, -0.2) is 4.99 Å². The Balaban J connectivity index is 0.00000261. The fourth-order valence-electron chi connectivity index (χ4n) is 3.10. The molecule has 3 rings (SSSR count). The second-order valence-electron chi connectivity index (χ2n) is 6.13. The maximum absolute atomic E-state index is 6.34. The van der Waals surface area contributed by atoms with E-state index >= 15 is 0 Å². The fraction of sp³-hybridized carbons (Fsp3) is 0.500. The van der Waals surface area contributed by atoms with Crippen LogP contribution in [0.5, 0.6) is 0 Å². The molecule has 9 heteroatoms. The van der Waals surface area contributed by atoms with E-state index in [-0.39, 0.29) is 24.0 Å². The topological polar surface area (TPSA) is 61.6 Å². The molecule has 0 saturated carbocycles. The summed E-state index contributed by atoms with van der Waals surface area (Å²) in [6.07, 6.45) is 1.75. The second kappa shape index (κ2) is 10.7. The van der Waals surface area contributed by atoms with Crippen molar-refractivity contribution in [2.45, 2.75) is 26.9 Å². The van der Waals surface area contributed by atoms with Gasteiger partial charge in [0.25, 0.3) is 0 Å². The predicted molar refractivity (Wildman–Crippen MR) is 121 cm³/mol. The zero-order chi connectivity index (χ0) is 18.4. The maximum Gasteiger partial charge on any atom is 0.194 e. The average molecular weight is 504 g/mol. The Kier molecular flexibility index (Phi) is 8.62. The highest BCUT2D eigenvalue weighted by atomic mass is 127. The molecule has 1 aromatic carbocycles. The number of hydrogen-bond acceptors (Lipinski definition) is 4. The molecule has 1 fully saturated rings. The van der Waals surface area contributed by atoms with E-state index in [0.717, 1.165) is 61.8 Å². The molecule has 0 unspecified atom stereocenters. The van der Waals surface area contributed by atoms with Crippen LogP contribution in [0.4, 0.5) is 5.69 Å². The number of aromatic nitrogens is 3. The van der Waals surface area contributed by atoms with Crippen LogP contribution in [0.15, 0.2) is 35.6 Å². The van der Waals surface area contributed by atoms with Crippen LogP contribution in [-0.2, 0) is 13.1 Å². The molecule has 0 atom stereocenters. The largest absolute Gasteiger partial charge is 0.367 e. The average Bonchev–Trinajstić information content (AvgIpc) is 3.13. The summed E-state index contributed by atoms with van der Waals surface area (Å²) < 4.78 is 2.02. The Labute approximate surface area is 182 Å². The van der Waals surface area contributed by atoms with E-state index in [4.69, 9.17) is 16.6 Å². The molecule has 0 aliphatic carbocycles. The first-order valence-electron chi connectivity index (χ1n) is 9.12. The Bertz CT molecular complexity index is 741. The number of anilines is 1. The molecule has 1 N–H and O–H groups in total. The molecule has 0 bridgehead atoms. The highest BCUT2D eigenvalue weighted by molar-refractivity contribution is 14.0. The van der Waals surface area contributed by atoms with Crippen molar-refractivity contribution >= 4 is 47.2 Å². The molecule has 2 aromatic rings. The van der Waals surface area contributed by atoms with E-state index in [0.29, 0.717) is 6.54 Å². The number of nitrogens with zero attached hydrogens (tertiary/aromatic N) is 6. The third-order valence-corrected chi connectivity index (χ3v) is 4.83. The zero-order valence-electron chi connectivity index (χ0n) is 15.8. The molecule has 1 saturated heterocycles. The van der Waals surface area contributed by atoms with Crippen LogP contribution >= 0.6 is 35.6 Å². The van der Waals surface area contributed by atoms with Crippen molar-refractivity contribution < 1.29 is 0 Å². The van der Waals surface area contributed by atoms with E-state index in [2.05, 4.69) is 45.2 Å². The van der Waals surface area contributed by atoms with Crippen molar-refractivity contribution in [3.63, 3.8) is 0 Å². The first-order valence-corrected chi connectivity index (χ1v) is 9.50. The minimum absolute atomic E-state index is 0. The van der Waals surface area contributed by atoms with Crippen molar-refractivity contribution in [2.24, 2.45) is 4.99 Å². The van der Waals surface area contributed by atoms with E-state index in [1.807, 2.05) is 22.8 Å². The van der Waals surface area contributed by atoms with Crippen LogP contribution in [0, 0.1) is 0 Å². The zero-order valence-corrected chi connectivity index (χ0v) is 18.9. The number of benzene rings is 1. The number of guanidine groups is 1. The van der Waals surface area contributed by atoms with Crippen LogP contribution < -0.4 is 10.2 Å². The molecule has 0 spiro atoms. The van der Waals surface area contributed by atoms with Gasteiger partial charge in [-0.1, -0.05) is 23.7 Å². The lowest BCUT2D eigenvalue weighted by Gasteiger charge is -2.38. The van der Waals surface area contributed by atoms with Gasteiger partial charge >= 0.3 is 0 Å². The minimum atomic E-state index is 0. The van der Waals surface area contributed by atoms with Crippen molar-refractivity contribution in [2.75, 3.05) is 37.6 Å². The lowest BCUT2D eigenvalue weighted by atomic mass is 10.2. The number of piperazine rings is 1. The summed E-state index contributed by atoms with van der Waals surface area (Å²) in [6, 6.07) is 8.02. The summed E-state index contributed by atoms with van der Waals surface area (Å²) in [5.74, 6) is 1.81. The van der Waals surface area contributed by atoms with Crippen molar-refractivity contribution in [1.82, 2.24) is 25.0 Å². The van der Waals surface area contributed by atoms with Crippen LogP contribution in [0.3, 0.4) is 0 Å². The number of nitrogens with one attached hydrogen (secondary N) is 1. The summed E-state index contributed by atoms with van der Waals surface area (Å²) in [6.45, 7) is 10.0. The lowest BCUT2D eigenvalue weighted by Crippen LogP contribution is -2.52. The number of aryl methyl sites for hydroxylation is 1. The Morgan fingerprint density at radius 2 is 1.93 bits per heavy atom. The first-order chi connectivity index (χ1) is 12.7. The molecule has 1 aliphatic heterocycles. The standard InChI is InChI=1S/C18H26ClN7.HI/c1-3-20-18(21-13-17-23-22-14-24(17)4-2)26-11-9-25(10-12-26)16-8-6-5-7-15(16)19;/h5-8,14H,3-4,9-13H2,1-2H3,(H,20,21);1H. The molecule has 0 amide bonds. The van der Waals surface area contributed by atoms with E-state index in [9.17, 15) is 0 Å². The highest BCUT2D eigenvalue weighted by Crippen LogP contribution is 2.26. The molecule has 27 heavy (non-hydrogen) atoms. The number of aliphatic imine (C=N–C) groups is 1. The monoisotopic (exact) mass is 503 g/mol. The molecule has 148 valence electrons. The van der Waals surface area contributed by atoms with Crippen molar-refractivity contribution in [1.29, 1.82) is 0 Å². The second-order valence-corrected chi connectivity index (χ2v) is 6.54. The third kappa shape index (κ3) is 5.47. The molecule has 1 aliphatic rings. The van der Waals surface area contributed by atoms with Gasteiger partial charge in [0, 0.05) is 39.3 Å². The first kappa shape index (κ1) is 21.7. The van der Waals surface area contributed by atoms with Crippen LogP contribution in [0.2, 0.25) is 5.02 Å². The maximum atomic E-state index is 6.34. The van der Waals surface area contributed by atoms with Crippen LogP contribution in [0.25, 0.3) is 0 Å². The van der Waals surface area contributed by atoms with Crippen molar-refractivity contribution in [3.8, 4) is 0 Å². The number of hydrogen-bond donors (Lipinski definition) is 1. The van der Waals surface area contributed by atoms with Gasteiger partial charge in [-0.3, -0.25) is 0 Å². The molecule has 7 nitrogen and oxygen atoms in total. The molecule has 2 heterocycles. The summed E-state index contributed by atoms with van der Waals surface area (Å²) in [5.41, 5.74) is 1.10. The quantitative estimate of drug-likeness (QED) is 0.386. The van der Waals surface area contributed by atoms with Gasteiger partial charge in [0.05, 0.1) is 10.7 Å². The predicted octanol–water partition coefficient (Wildman–Crippen LogP) is 2.86. The summed E-state index contributed by atoms with van der Waals surface area (Å²) >= 11 is 6.34. The molecule has 0 radical (unpaired) electrons. The van der Waals surface area contributed by atoms with Gasteiger partial charge in [-0.05, 0) is 26.0 Å². The normalized spacial score (nSPS) is 14.9. The third-order valence-electron chi connectivity index (χ3n) is 4.51. The van der Waals surface area contributed by atoms with Crippen molar-refractivity contribution in [3.05, 3.63) is 41.4 Å². The van der Waals surface area contributed by atoms with Gasteiger partial charge in [0.15, 0.2) is 11.8 Å². The SMILES string of the molecule is CCNC(=NCc1nncn1CC)N1CCN(c2ccccc2Cl)CC1.I. The van der Waals surface area contributed by atoms with Gasteiger partial charge < -0.3 is 19.7 Å². The van der Waals surface area contributed by atoms with Gasteiger partial charge in [0.1, 0.15) is 12.9 Å². The van der Waals surface area contributed by atoms with Gasteiger partial charge in [-0.2, -0.15) is 0 Å². The van der Waals surface area contributed by atoms with Gasteiger partial charge in [0.2, 0.25) is 0 Å². The van der Waals surface area contributed by atoms with E-state index in [1.165, 1.54) is 0 Å². The fourth-order valence-corrected chi connectivity index (χ4v) is 3.36. The minimum Gasteiger partial charge on any atom is -0.367 e. The summed E-state index contributed by atoms with van der Waals surface area (Å²) in [7, 11) is 0. The van der Waals surface area contributed by atoms with Crippen LogP contribution in [0.1, 0.15) is 19.7 Å². The Morgan fingerprint density at radius 3 is 2.59 bits per heavy atom. The lowest BCUT2D eigenvalue weighted by molar-refractivity contribution is 0.372. The number of para-hydroxylation sites is 1. The smallest absolute Gasteiger partial charge is 0.194 e. The molecular weight excluding hydrogens is 477 g/mol. The molecule has 1 aromatic heterocycles. The summed E-state index contributed by atoms with van der Waals surface area (Å²) in [4.78, 5) is 9.39. The number of rotatable bonds is 5. The van der Waals surface area contributed by atoms with E-state index < -0.39 is 0 Å². The summed E-state index contributed by atoms with van der Waals surface area (Å²) in [5, 5.41) is 12.3. The van der Waals surface area contributed by atoms with E-state index in [1.54, 1.807) is 6.33 Å². The Morgan fingerprint density at radius 1 is 1.19 bits per heavy atom. The Hall–Kier alpha value is -1.55. The highest BCUT2D eigenvalue weighted by Gasteiger charge is 2.21. The van der Waals surface area contributed by atoms with Crippen LogP contribution in [-0.4, -0.2) is 58.3 Å². The molecular formula is C18H27ClIN7. The number of halogens is 2.